The van der Waals surface area contributed by atoms with Crippen LogP contribution in [0.5, 0.6) is 0 Å². The molecular weight excluding hydrogens is 296 g/mol. The maximum atomic E-state index is 4.58. The van der Waals surface area contributed by atoms with Gasteiger partial charge in [0.2, 0.25) is 5.95 Å². The SMILES string of the molecule is Cc1cc(NC(C)c2ccccc2)nc(NCc2ccccc2)n1. The molecule has 3 rings (SSSR count). The Kier molecular flexibility index (Phi) is 5.06. The van der Waals surface area contributed by atoms with Crippen LogP contribution in [0, 0.1) is 6.92 Å². The van der Waals surface area contributed by atoms with Gasteiger partial charge in [-0.2, -0.15) is 4.98 Å². The first-order valence-electron chi connectivity index (χ1n) is 8.15. The summed E-state index contributed by atoms with van der Waals surface area (Å²) >= 11 is 0. The first kappa shape index (κ1) is 16.0. The summed E-state index contributed by atoms with van der Waals surface area (Å²) in [6.07, 6.45) is 0. The van der Waals surface area contributed by atoms with Gasteiger partial charge in [0.15, 0.2) is 0 Å². The molecule has 1 unspecified atom stereocenters. The highest BCUT2D eigenvalue weighted by Gasteiger charge is 2.08. The summed E-state index contributed by atoms with van der Waals surface area (Å²) in [5.41, 5.74) is 3.37. The van der Waals surface area contributed by atoms with Crippen molar-refractivity contribution in [1.29, 1.82) is 0 Å². The van der Waals surface area contributed by atoms with Crippen molar-refractivity contribution in [3.05, 3.63) is 83.6 Å². The molecule has 2 aromatic carbocycles. The maximum Gasteiger partial charge on any atom is 0.225 e. The zero-order chi connectivity index (χ0) is 16.8. The van der Waals surface area contributed by atoms with Crippen molar-refractivity contribution < 1.29 is 0 Å². The molecule has 2 N–H and O–H groups in total. The smallest absolute Gasteiger partial charge is 0.225 e. The lowest BCUT2D eigenvalue weighted by Crippen LogP contribution is -2.11. The summed E-state index contributed by atoms with van der Waals surface area (Å²) < 4.78 is 0. The van der Waals surface area contributed by atoms with Crippen LogP contribution in [0.25, 0.3) is 0 Å². The molecule has 4 heteroatoms. The van der Waals surface area contributed by atoms with E-state index in [1.54, 1.807) is 0 Å². The van der Waals surface area contributed by atoms with Crippen molar-refractivity contribution in [2.24, 2.45) is 0 Å². The van der Waals surface area contributed by atoms with Crippen molar-refractivity contribution in [3.63, 3.8) is 0 Å². The van der Waals surface area contributed by atoms with E-state index in [0.717, 1.165) is 11.5 Å². The van der Waals surface area contributed by atoms with Crippen molar-refractivity contribution in [2.45, 2.75) is 26.4 Å². The summed E-state index contributed by atoms with van der Waals surface area (Å²) in [4.78, 5) is 9.05. The highest BCUT2D eigenvalue weighted by atomic mass is 15.1. The van der Waals surface area contributed by atoms with Crippen LogP contribution in [0.1, 0.15) is 29.8 Å². The molecule has 0 bridgehead atoms. The minimum atomic E-state index is 0.183. The minimum absolute atomic E-state index is 0.183. The van der Waals surface area contributed by atoms with Gasteiger partial charge in [-0.25, -0.2) is 4.98 Å². The van der Waals surface area contributed by atoms with Crippen LogP contribution in [-0.4, -0.2) is 9.97 Å². The number of nitrogens with one attached hydrogen (secondary N) is 2. The molecule has 4 nitrogen and oxygen atoms in total. The number of rotatable bonds is 6. The van der Waals surface area contributed by atoms with E-state index in [1.165, 1.54) is 11.1 Å². The van der Waals surface area contributed by atoms with E-state index in [0.29, 0.717) is 12.5 Å². The second-order valence-corrected chi connectivity index (χ2v) is 5.83. The van der Waals surface area contributed by atoms with Gasteiger partial charge in [0.05, 0.1) is 0 Å². The number of anilines is 2. The van der Waals surface area contributed by atoms with E-state index in [1.807, 2.05) is 49.4 Å². The van der Waals surface area contributed by atoms with Gasteiger partial charge in [-0.05, 0) is 25.0 Å². The van der Waals surface area contributed by atoms with Gasteiger partial charge in [0.25, 0.3) is 0 Å². The molecule has 1 aromatic heterocycles. The fourth-order valence-corrected chi connectivity index (χ4v) is 2.55. The molecular formula is C20H22N4. The normalized spacial score (nSPS) is 11.8. The van der Waals surface area contributed by atoms with Crippen molar-refractivity contribution in [2.75, 3.05) is 10.6 Å². The number of aryl methyl sites for hydroxylation is 1. The zero-order valence-electron chi connectivity index (χ0n) is 14.0. The van der Waals surface area contributed by atoms with Crippen molar-refractivity contribution >= 4 is 11.8 Å². The van der Waals surface area contributed by atoms with Crippen LogP contribution in [0.15, 0.2) is 66.7 Å². The fourth-order valence-electron chi connectivity index (χ4n) is 2.55. The predicted molar refractivity (Wildman–Crippen MR) is 99.0 cm³/mol. The molecule has 0 aliphatic carbocycles. The Bertz CT molecular complexity index is 772. The van der Waals surface area contributed by atoms with E-state index < -0.39 is 0 Å². The molecule has 0 amide bonds. The summed E-state index contributed by atoms with van der Waals surface area (Å²) in [6.45, 7) is 4.82. The Balaban J connectivity index is 1.69. The summed E-state index contributed by atoms with van der Waals surface area (Å²) in [5.74, 6) is 1.47. The number of aromatic nitrogens is 2. The third-order valence-corrected chi connectivity index (χ3v) is 3.81. The quantitative estimate of drug-likeness (QED) is 0.699. The topological polar surface area (TPSA) is 49.8 Å². The van der Waals surface area contributed by atoms with E-state index in [2.05, 4.69) is 51.8 Å². The predicted octanol–water partition coefficient (Wildman–Crippen LogP) is 4.57. The van der Waals surface area contributed by atoms with Crippen LogP contribution >= 0.6 is 0 Å². The largest absolute Gasteiger partial charge is 0.363 e. The molecule has 1 atom stereocenters. The molecule has 0 saturated heterocycles. The van der Waals surface area contributed by atoms with Crippen molar-refractivity contribution in [3.8, 4) is 0 Å². The van der Waals surface area contributed by atoms with Gasteiger partial charge >= 0.3 is 0 Å². The van der Waals surface area contributed by atoms with Gasteiger partial charge < -0.3 is 10.6 Å². The molecule has 0 radical (unpaired) electrons. The third kappa shape index (κ3) is 4.32. The Hall–Kier alpha value is -2.88. The van der Waals surface area contributed by atoms with Crippen molar-refractivity contribution in [1.82, 2.24) is 9.97 Å². The van der Waals surface area contributed by atoms with Crippen LogP contribution in [0.2, 0.25) is 0 Å². The summed E-state index contributed by atoms with van der Waals surface area (Å²) in [7, 11) is 0. The van der Waals surface area contributed by atoms with Crippen LogP contribution in [-0.2, 0) is 6.54 Å². The minimum Gasteiger partial charge on any atom is -0.363 e. The highest BCUT2D eigenvalue weighted by molar-refractivity contribution is 5.44. The van der Waals surface area contributed by atoms with Crippen LogP contribution in [0.3, 0.4) is 0 Å². The Morgan fingerprint density at radius 2 is 1.58 bits per heavy atom. The Labute approximate surface area is 143 Å². The molecule has 0 spiro atoms. The van der Waals surface area contributed by atoms with Crippen LogP contribution in [0.4, 0.5) is 11.8 Å². The average molecular weight is 318 g/mol. The molecule has 1 heterocycles. The number of benzene rings is 2. The van der Waals surface area contributed by atoms with E-state index in [9.17, 15) is 0 Å². The molecule has 24 heavy (non-hydrogen) atoms. The number of hydrogen-bond acceptors (Lipinski definition) is 4. The maximum absolute atomic E-state index is 4.58. The molecule has 122 valence electrons. The van der Waals surface area contributed by atoms with Gasteiger partial charge in [0, 0.05) is 24.3 Å². The molecule has 0 aliphatic heterocycles. The standard InChI is InChI=1S/C20H22N4/c1-15-13-19(23-16(2)18-11-7-4-8-12-18)24-20(22-15)21-14-17-9-5-3-6-10-17/h3-13,16H,14H2,1-2H3,(H2,21,22,23,24). The van der Waals surface area contributed by atoms with E-state index in [-0.39, 0.29) is 6.04 Å². The lowest BCUT2D eigenvalue weighted by atomic mass is 10.1. The molecule has 0 fully saturated rings. The van der Waals surface area contributed by atoms with Gasteiger partial charge in [0.1, 0.15) is 5.82 Å². The second kappa shape index (κ2) is 7.59. The highest BCUT2D eigenvalue weighted by Crippen LogP contribution is 2.19. The second-order valence-electron chi connectivity index (χ2n) is 5.83. The first-order chi connectivity index (χ1) is 11.7. The molecule has 3 aromatic rings. The van der Waals surface area contributed by atoms with Gasteiger partial charge in [-0.1, -0.05) is 60.7 Å². The zero-order valence-corrected chi connectivity index (χ0v) is 14.0. The molecule has 0 saturated carbocycles. The molecule has 0 aliphatic rings. The Morgan fingerprint density at radius 3 is 2.29 bits per heavy atom. The number of nitrogens with zero attached hydrogens (tertiary/aromatic N) is 2. The van der Waals surface area contributed by atoms with Crippen LogP contribution < -0.4 is 10.6 Å². The monoisotopic (exact) mass is 318 g/mol. The first-order valence-corrected chi connectivity index (χ1v) is 8.15. The third-order valence-electron chi connectivity index (χ3n) is 3.81. The van der Waals surface area contributed by atoms with E-state index in [4.69, 9.17) is 0 Å². The number of hydrogen-bond donors (Lipinski definition) is 2. The summed E-state index contributed by atoms with van der Waals surface area (Å²) in [5, 5.41) is 6.74. The Morgan fingerprint density at radius 1 is 0.917 bits per heavy atom. The lowest BCUT2D eigenvalue weighted by Gasteiger charge is -2.16. The fraction of sp³-hybridized carbons (Fsp3) is 0.200. The van der Waals surface area contributed by atoms with Gasteiger partial charge in [-0.15, -0.1) is 0 Å². The van der Waals surface area contributed by atoms with Gasteiger partial charge in [-0.3, -0.25) is 0 Å². The lowest BCUT2D eigenvalue weighted by molar-refractivity contribution is 0.869. The summed E-state index contributed by atoms with van der Waals surface area (Å²) in [6, 6.07) is 22.7. The van der Waals surface area contributed by atoms with E-state index >= 15 is 0 Å². The average Bonchev–Trinajstić information content (AvgIpc) is 2.61.